The molecule has 0 bridgehead atoms. The van der Waals surface area contributed by atoms with E-state index in [1.54, 1.807) is 19.2 Å². The lowest BCUT2D eigenvalue weighted by atomic mass is 10.1. The van der Waals surface area contributed by atoms with Crippen LogP contribution in [0, 0.1) is 5.92 Å². The molecule has 1 saturated carbocycles. The first kappa shape index (κ1) is 15.7. The Balaban J connectivity index is 1.58. The molecule has 6 nitrogen and oxygen atoms in total. The van der Waals surface area contributed by atoms with Gasteiger partial charge >= 0.3 is 0 Å². The maximum absolute atomic E-state index is 12.1. The average molecular weight is 331 g/mol. The molecule has 1 aliphatic carbocycles. The van der Waals surface area contributed by atoms with E-state index in [4.69, 9.17) is 4.74 Å². The Morgan fingerprint density at radius 1 is 1.39 bits per heavy atom. The van der Waals surface area contributed by atoms with Crippen LogP contribution in [-0.2, 0) is 9.59 Å². The van der Waals surface area contributed by atoms with Gasteiger partial charge in [0.1, 0.15) is 5.75 Å². The van der Waals surface area contributed by atoms with Gasteiger partial charge < -0.3 is 10.1 Å². The monoisotopic (exact) mass is 331 g/mol. The largest absolute Gasteiger partial charge is 0.495 e. The van der Waals surface area contributed by atoms with Gasteiger partial charge in [-0.2, -0.15) is 4.99 Å². The fourth-order valence-electron chi connectivity index (χ4n) is 2.68. The van der Waals surface area contributed by atoms with Crippen molar-refractivity contribution in [3.05, 3.63) is 24.3 Å². The molecule has 7 heteroatoms. The minimum Gasteiger partial charge on any atom is -0.495 e. The summed E-state index contributed by atoms with van der Waals surface area (Å²) in [6, 6.07) is 7.20. The van der Waals surface area contributed by atoms with Crippen molar-refractivity contribution in [2.75, 3.05) is 18.2 Å². The Kier molecular flexibility index (Phi) is 4.76. The van der Waals surface area contributed by atoms with E-state index in [9.17, 15) is 9.59 Å². The van der Waals surface area contributed by atoms with Crippen LogP contribution in [0.4, 0.5) is 5.69 Å². The minimum atomic E-state index is -0.191. The highest BCUT2D eigenvalue weighted by Crippen LogP contribution is 2.28. The third kappa shape index (κ3) is 3.61. The lowest BCUT2D eigenvalue weighted by Crippen LogP contribution is -2.24. The van der Waals surface area contributed by atoms with E-state index in [0.29, 0.717) is 16.6 Å². The Labute approximate surface area is 138 Å². The molecule has 1 atom stereocenters. The number of rotatable bonds is 4. The molecule has 0 saturated heterocycles. The molecule has 1 heterocycles. The number of hydrogen-bond acceptors (Lipinski definition) is 5. The number of benzene rings is 1. The molecule has 2 aliphatic rings. The number of methoxy groups -OCH3 is 1. The standard InChI is InChI=1S/C16H17N3O3S/c1-22-13-8-3-2-6-12(13)17-14(20)9-23-16-18-11-7-4-5-10(11)15(21)19-16/h2-3,6,8,10H,4-5,7,9H2,1H3,(H,17,20). The molecular weight excluding hydrogens is 314 g/mol. The molecule has 1 fully saturated rings. The van der Waals surface area contributed by atoms with Gasteiger partial charge in [0.15, 0.2) is 5.17 Å². The summed E-state index contributed by atoms with van der Waals surface area (Å²) in [6.45, 7) is 0. The number of anilines is 1. The van der Waals surface area contributed by atoms with Gasteiger partial charge in [-0.15, -0.1) is 0 Å². The van der Waals surface area contributed by atoms with E-state index in [-0.39, 0.29) is 23.5 Å². The van der Waals surface area contributed by atoms with Gasteiger partial charge in [0.25, 0.3) is 5.91 Å². The zero-order valence-electron chi connectivity index (χ0n) is 12.7. The normalized spacial score (nSPS) is 19.7. The predicted octanol–water partition coefficient (Wildman–Crippen LogP) is 2.50. The number of carbonyl (C=O) groups excluding carboxylic acids is 2. The molecule has 0 radical (unpaired) electrons. The van der Waals surface area contributed by atoms with E-state index >= 15 is 0 Å². The highest BCUT2D eigenvalue weighted by Gasteiger charge is 2.32. The highest BCUT2D eigenvalue weighted by atomic mass is 32.2. The topological polar surface area (TPSA) is 80.1 Å². The first-order valence-corrected chi connectivity index (χ1v) is 8.41. The van der Waals surface area contributed by atoms with E-state index in [1.165, 1.54) is 11.8 Å². The van der Waals surface area contributed by atoms with Crippen molar-refractivity contribution >= 4 is 40.1 Å². The third-order valence-corrected chi connectivity index (χ3v) is 4.63. The minimum absolute atomic E-state index is 0.123. The fourth-order valence-corrected chi connectivity index (χ4v) is 3.35. The zero-order valence-corrected chi connectivity index (χ0v) is 13.6. The van der Waals surface area contributed by atoms with Crippen LogP contribution in [0.3, 0.4) is 0 Å². The first-order chi connectivity index (χ1) is 11.2. The lowest BCUT2D eigenvalue weighted by Gasteiger charge is -2.13. The number of carbonyl (C=O) groups is 2. The van der Waals surface area contributed by atoms with Crippen LogP contribution in [0.1, 0.15) is 19.3 Å². The Hall–Kier alpha value is -2.15. The summed E-state index contributed by atoms with van der Waals surface area (Å²) in [5, 5.41) is 3.17. The van der Waals surface area contributed by atoms with Crippen molar-refractivity contribution in [1.82, 2.24) is 0 Å². The number of fused-ring (bicyclic) bond motifs is 1. The number of nitrogens with zero attached hydrogens (tertiary/aromatic N) is 2. The lowest BCUT2D eigenvalue weighted by molar-refractivity contribution is -0.119. The highest BCUT2D eigenvalue weighted by molar-refractivity contribution is 8.14. The van der Waals surface area contributed by atoms with E-state index in [2.05, 4.69) is 15.3 Å². The fraction of sp³-hybridized carbons (Fsp3) is 0.375. The smallest absolute Gasteiger partial charge is 0.256 e. The second-order valence-corrected chi connectivity index (χ2v) is 6.26. The maximum Gasteiger partial charge on any atom is 0.256 e. The second kappa shape index (κ2) is 6.95. The molecule has 2 amide bonds. The maximum atomic E-state index is 12.1. The number of para-hydroxylation sites is 2. The molecule has 0 aromatic heterocycles. The molecule has 120 valence electrons. The number of hydrogen-bond donors (Lipinski definition) is 1. The molecular formula is C16H17N3O3S. The number of thioether (sulfide) groups is 1. The van der Waals surface area contributed by atoms with Crippen LogP contribution >= 0.6 is 11.8 Å². The van der Waals surface area contributed by atoms with Crippen molar-refractivity contribution in [2.45, 2.75) is 19.3 Å². The zero-order chi connectivity index (χ0) is 16.2. The van der Waals surface area contributed by atoms with E-state index in [0.717, 1.165) is 25.0 Å². The Morgan fingerprint density at radius 3 is 3.04 bits per heavy atom. The van der Waals surface area contributed by atoms with Crippen molar-refractivity contribution in [3.63, 3.8) is 0 Å². The van der Waals surface area contributed by atoms with Crippen molar-refractivity contribution in [2.24, 2.45) is 15.9 Å². The van der Waals surface area contributed by atoms with E-state index < -0.39 is 0 Å². The predicted molar refractivity (Wildman–Crippen MR) is 91.3 cm³/mol. The van der Waals surface area contributed by atoms with Crippen molar-refractivity contribution in [1.29, 1.82) is 0 Å². The van der Waals surface area contributed by atoms with Gasteiger partial charge in [-0.05, 0) is 31.4 Å². The second-order valence-electron chi connectivity index (χ2n) is 5.32. The number of nitrogens with one attached hydrogen (secondary N) is 1. The molecule has 1 aromatic rings. The van der Waals surface area contributed by atoms with Crippen LogP contribution in [0.5, 0.6) is 5.75 Å². The number of ether oxygens (including phenoxy) is 1. The van der Waals surface area contributed by atoms with Crippen LogP contribution in [0.2, 0.25) is 0 Å². The van der Waals surface area contributed by atoms with E-state index in [1.807, 2.05) is 12.1 Å². The van der Waals surface area contributed by atoms with Gasteiger partial charge in [-0.1, -0.05) is 23.9 Å². The van der Waals surface area contributed by atoms with Crippen molar-refractivity contribution < 1.29 is 14.3 Å². The molecule has 0 spiro atoms. The van der Waals surface area contributed by atoms with Crippen LogP contribution in [0.25, 0.3) is 0 Å². The average Bonchev–Trinajstić information content (AvgIpc) is 3.02. The third-order valence-electron chi connectivity index (χ3n) is 3.78. The van der Waals surface area contributed by atoms with Gasteiger partial charge in [0.2, 0.25) is 5.91 Å². The molecule has 3 rings (SSSR count). The van der Waals surface area contributed by atoms with Gasteiger partial charge in [-0.25, -0.2) is 4.99 Å². The van der Waals surface area contributed by atoms with Gasteiger partial charge in [-0.3, -0.25) is 9.59 Å². The summed E-state index contributed by atoms with van der Waals surface area (Å²) < 4.78 is 5.19. The molecule has 1 aromatic carbocycles. The summed E-state index contributed by atoms with van der Waals surface area (Å²) in [7, 11) is 1.55. The van der Waals surface area contributed by atoms with Gasteiger partial charge in [0, 0.05) is 5.71 Å². The Bertz CT molecular complexity index is 700. The number of amides is 2. The SMILES string of the molecule is COc1ccccc1NC(=O)CSC1=NC(=O)C2CCCC2=N1. The molecule has 1 unspecified atom stereocenters. The van der Waals surface area contributed by atoms with Crippen LogP contribution in [-0.4, -0.2) is 35.6 Å². The van der Waals surface area contributed by atoms with Gasteiger partial charge in [0.05, 0.1) is 24.5 Å². The van der Waals surface area contributed by atoms with Crippen molar-refractivity contribution in [3.8, 4) is 5.75 Å². The summed E-state index contributed by atoms with van der Waals surface area (Å²) >= 11 is 1.18. The van der Waals surface area contributed by atoms with Crippen LogP contribution in [0.15, 0.2) is 34.3 Å². The molecule has 1 N–H and O–H groups in total. The summed E-state index contributed by atoms with van der Waals surface area (Å²) in [5.74, 6) is 0.307. The quantitative estimate of drug-likeness (QED) is 0.919. The molecule has 23 heavy (non-hydrogen) atoms. The number of amidine groups is 1. The van der Waals surface area contributed by atoms with Crippen LogP contribution < -0.4 is 10.1 Å². The molecule has 1 aliphatic heterocycles. The summed E-state index contributed by atoms with van der Waals surface area (Å²) in [4.78, 5) is 32.4. The first-order valence-electron chi connectivity index (χ1n) is 7.43. The summed E-state index contributed by atoms with van der Waals surface area (Å²) in [6.07, 6.45) is 2.67. The Morgan fingerprint density at radius 2 is 2.22 bits per heavy atom. The summed E-state index contributed by atoms with van der Waals surface area (Å²) in [5.41, 5.74) is 1.53. The number of aliphatic imine (C=N–C) groups is 2.